The van der Waals surface area contributed by atoms with Crippen molar-refractivity contribution in [3.05, 3.63) is 52.5 Å². The van der Waals surface area contributed by atoms with E-state index in [1.165, 1.54) is 11.1 Å². The number of piperazine rings is 1. The number of nitrogens with zero attached hydrogens (tertiary/aromatic N) is 2. The van der Waals surface area contributed by atoms with Crippen LogP contribution in [0.4, 0.5) is 11.4 Å². The maximum Gasteiger partial charge on any atom is 0.234 e. The van der Waals surface area contributed by atoms with Gasteiger partial charge in [-0.05, 0) is 50.7 Å². The van der Waals surface area contributed by atoms with Gasteiger partial charge in [-0.3, -0.25) is 4.79 Å². The Kier molecular flexibility index (Phi) is 6.68. The lowest BCUT2D eigenvalue weighted by molar-refractivity contribution is -0.113. The molecule has 0 saturated carbocycles. The van der Waals surface area contributed by atoms with Crippen LogP contribution in [-0.4, -0.2) is 49.8 Å². The van der Waals surface area contributed by atoms with Crippen molar-refractivity contribution in [3.63, 3.8) is 0 Å². The summed E-state index contributed by atoms with van der Waals surface area (Å²) >= 11 is 7.76. The molecule has 2 aromatic rings. The average Bonchev–Trinajstić information content (AvgIpc) is 2.63. The van der Waals surface area contributed by atoms with Crippen LogP contribution in [0.25, 0.3) is 0 Å². The Morgan fingerprint density at radius 1 is 1.11 bits per heavy atom. The van der Waals surface area contributed by atoms with Crippen LogP contribution in [0.15, 0.2) is 41.3 Å². The predicted molar refractivity (Wildman–Crippen MR) is 116 cm³/mol. The second-order valence-corrected chi connectivity index (χ2v) is 8.51. The number of nitrogens with one attached hydrogen (secondary N) is 1. The van der Waals surface area contributed by atoms with Crippen LogP contribution in [0.1, 0.15) is 11.1 Å². The van der Waals surface area contributed by atoms with E-state index in [4.69, 9.17) is 11.6 Å². The second kappa shape index (κ2) is 9.00. The fourth-order valence-electron chi connectivity index (χ4n) is 3.12. The number of carbonyl (C=O) groups excluding carboxylic acids is 1. The monoisotopic (exact) mass is 403 g/mol. The van der Waals surface area contributed by atoms with Gasteiger partial charge in [0.15, 0.2) is 0 Å². The Hall–Kier alpha value is -1.69. The second-order valence-electron chi connectivity index (χ2n) is 7.06. The van der Waals surface area contributed by atoms with E-state index in [0.717, 1.165) is 42.4 Å². The van der Waals surface area contributed by atoms with Gasteiger partial charge >= 0.3 is 0 Å². The summed E-state index contributed by atoms with van der Waals surface area (Å²) in [6.45, 7) is 8.05. The van der Waals surface area contributed by atoms with Crippen molar-refractivity contribution in [1.29, 1.82) is 0 Å². The number of thioether (sulfide) groups is 1. The first kappa shape index (κ1) is 20.1. The van der Waals surface area contributed by atoms with E-state index in [2.05, 4.69) is 54.2 Å². The predicted octanol–water partition coefficient (Wildman–Crippen LogP) is 4.44. The third-order valence-electron chi connectivity index (χ3n) is 4.78. The van der Waals surface area contributed by atoms with Gasteiger partial charge < -0.3 is 15.1 Å². The molecule has 1 aliphatic rings. The molecule has 27 heavy (non-hydrogen) atoms. The highest BCUT2D eigenvalue weighted by atomic mass is 35.5. The minimum absolute atomic E-state index is 0.0152. The van der Waals surface area contributed by atoms with E-state index < -0.39 is 0 Å². The van der Waals surface area contributed by atoms with Crippen molar-refractivity contribution in [2.75, 3.05) is 49.2 Å². The van der Waals surface area contributed by atoms with Crippen molar-refractivity contribution in [2.45, 2.75) is 18.7 Å². The molecule has 0 spiro atoms. The van der Waals surface area contributed by atoms with Crippen LogP contribution < -0.4 is 10.2 Å². The van der Waals surface area contributed by atoms with Gasteiger partial charge in [0, 0.05) is 36.1 Å². The summed E-state index contributed by atoms with van der Waals surface area (Å²) in [4.78, 5) is 18.3. The lowest BCUT2D eigenvalue weighted by Gasteiger charge is -2.35. The topological polar surface area (TPSA) is 35.6 Å². The van der Waals surface area contributed by atoms with E-state index in [1.807, 2.05) is 18.2 Å². The quantitative estimate of drug-likeness (QED) is 0.748. The highest BCUT2D eigenvalue weighted by Gasteiger charge is 2.18. The van der Waals surface area contributed by atoms with Gasteiger partial charge in [-0.2, -0.15) is 0 Å². The number of rotatable bonds is 5. The normalized spacial score (nSPS) is 15.0. The van der Waals surface area contributed by atoms with Gasteiger partial charge in [-0.1, -0.05) is 29.3 Å². The minimum Gasteiger partial charge on any atom is -0.367 e. The zero-order valence-electron chi connectivity index (χ0n) is 16.1. The van der Waals surface area contributed by atoms with E-state index in [9.17, 15) is 4.79 Å². The smallest absolute Gasteiger partial charge is 0.234 e. The number of benzene rings is 2. The average molecular weight is 404 g/mol. The number of anilines is 2. The molecule has 6 heteroatoms. The standard InChI is InChI=1S/C21H26ClN3OS/c1-15-4-5-16(2)20(12-15)27-14-21(26)23-18-13-17(22)6-7-19(18)25-10-8-24(3)9-11-25/h4-7,12-13H,8-11,14H2,1-3H3,(H,23,26). The molecule has 1 amide bonds. The van der Waals surface area contributed by atoms with Gasteiger partial charge in [0.05, 0.1) is 17.1 Å². The van der Waals surface area contributed by atoms with E-state index in [0.29, 0.717) is 10.8 Å². The number of likely N-dealkylation sites (N-methyl/N-ethyl adjacent to an activating group) is 1. The van der Waals surface area contributed by atoms with Crippen molar-refractivity contribution in [1.82, 2.24) is 4.90 Å². The molecule has 0 unspecified atom stereocenters. The molecule has 1 fully saturated rings. The van der Waals surface area contributed by atoms with Crippen molar-refractivity contribution >= 4 is 40.6 Å². The Bertz CT molecular complexity index is 819. The number of carbonyl (C=O) groups is 1. The third-order valence-corrected chi connectivity index (χ3v) is 6.17. The summed E-state index contributed by atoms with van der Waals surface area (Å²) in [6, 6.07) is 12.0. The van der Waals surface area contributed by atoms with Crippen molar-refractivity contribution in [3.8, 4) is 0 Å². The zero-order chi connectivity index (χ0) is 19.4. The highest BCUT2D eigenvalue weighted by Crippen LogP contribution is 2.31. The summed E-state index contributed by atoms with van der Waals surface area (Å²) < 4.78 is 0. The lowest BCUT2D eigenvalue weighted by Crippen LogP contribution is -2.44. The fraction of sp³-hybridized carbons (Fsp3) is 0.381. The summed E-state index contributed by atoms with van der Waals surface area (Å²) in [7, 11) is 2.13. The van der Waals surface area contributed by atoms with Crippen molar-refractivity contribution in [2.24, 2.45) is 0 Å². The highest BCUT2D eigenvalue weighted by molar-refractivity contribution is 8.00. The summed E-state index contributed by atoms with van der Waals surface area (Å²) in [6.07, 6.45) is 0. The lowest BCUT2D eigenvalue weighted by atomic mass is 10.2. The summed E-state index contributed by atoms with van der Waals surface area (Å²) in [5, 5.41) is 3.69. The Labute approximate surface area is 170 Å². The first-order chi connectivity index (χ1) is 12.9. The fourth-order valence-corrected chi connectivity index (χ4v) is 4.22. The number of hydrogen-bond donors (Lipinski definition) is 1. The first-order valence-corrected chi connectivity index (χ1v) is 10.5. The van der Waals surface area contributed by atoms with Gasteiger partial charge in [0.1, 0.15) is 0 Å². The van der Waals surface area contributed by atoms with Crippen LogP contribution in [-0.2, 0) is 4.79 Å². The molecule has 0 aromatic heterocycles. The van der Waals surface area contributed by atoms with Gasteiger partial charge in [-0.15, -0.1) is 11.8 Å². The van der Waals surface area contributed by atoms with E-state index in [1.54, 1.807) is 11.8 Å². The molecule has 0 atom stereocenters. The van der Waals surface area contributed by atoms with Crippen LogP contribution in [0.2, 0.25) is 5.02 Å². The zero-order valence-corrected chi connectivity index (χ0v) is 17.7. The van der Waals surface area contributed by atoms with E-state index in [-0.39, 0.29) is 5.91 Å². The van der Waals surface area contributed by atoms with Crippen LogP contribution in [0, 0.1) is 13.8 Å². The molecular formula is C21H26ClN3OS. The number of halogens is 1. The number of hydrogen-bond acceptors (Lipinski definition) is 4. The third kappa shape index (κ3) is 5.41. The maximum absolute atomic E-state index is 12.6. The molecule has 4 nitrogen and oxygen atoms in total. The van der Waals surface area contributed by atoms with Crippen LogP contribution >= 0.6 is 23.4 Å². The Morgan fingerprint density at radius 3 is 2.59 bits per heavy atom. The maximum atomic E-state index is 12.6. The van der Waals surface area contributed by atoms with Gasteiger partial charge in [0.2, 0.25) is 5.91 Å². The molecule has 1 heterocycles. The number of aryl methyl sites for hydroxylation is 2. The van der Waals surface area contributed by atoms with Gasteiger partial charge in [-0.25, -0.2) is 0 Å². The van der Waals surface area contributed by atoms with Crippen molar-refractivity contribution < 1.29 is 4.79 Å². The molecule has 1 saturated heterocycles. The first-order valence-electron chi connectivity index (χ1n) is 9.15. The molecule has 144 valence electrons. The molecule has 0 radical (unpaired) electrons. The largest absolute Gasteiger partial charge is 0.367 e. The molecule has 2 aromatic carbocycles. The van der Waals surface area contributed by atoms with Crippen LogP contribution in [0.3, 0.4) is 0 Å². The molecule has 1 aliphatic heterocycles. The Balaban J connectivity index is 1.68. The van der Waals surface area contributed by atoms with Crippen LogP contribution in [0.5, 0.6) is 0 Å². The molecule has 1 N–H and O–H groups in total. The molecule has 3 rings (SSSR count). The SMILES string of the molecule is Cc1ccc(C)c(SCC(=O)Nc2cc(Cl)ccc2N2CCN(C)CC2)c1. The Morgan fingerprint density at radius 2 is 1.85 bits per heavy atom. The summed E-state index contributed by atoms with van der Waals surface area (Å²) in [5.41, 5.74) is 4.23. The molecule has 0 bridgehead atoms. The molecular weight excluding hydrogens is 378 g/mol. The van der Waals surface area contributed by atoms with E-state index >= 15 is 0 Å². The molecule has 0 aliphatic carbocycles. The minimum atomic E-state index is -0.0152. The van der Waals surface area contributed by atoms with Gasteiger partial charge in [0.25, 0.3) is 0 Å². The number of amides is 1. The summed E-state index contributed by atoms with van der Waals surface area (Å²) in [5.74, 6) is 0.359.